The Morgan fingerprint density at radius 3 is 2.57 bits per heavy atom. The fraction of sp³-hybridized carbons (Fsp3) is 0.458. The lowest BCUT2D eigenvalue weighted by molar-refractivity contribution is 0.437. The van der Waals surface area contributed by atoms with Crippen LogP contribution in [0.2, 0.25) is 6.32 Å². The Morgan fingerprint density at radius 2 is 1.93 bits per heavy atom. The smallest absolute Gasteiger partial charge is 0.166 e. The van der Waals surface area contributed by atoms with Crippen molar-refractivity contribution >= 4 is 23.4 Å². The van der Waals surface area contributed by atoms with Crippen LogP contribution in [0.25, 0.3) is 0 Å². The zero-order valence-corrected chi connectivity index (χ0v) is 18.0. The van der Waals surface area contributed by atoms with Gasteiger partial charge in [-0.15, -0.1) is 0 Å². The Labute approximate surface area is 175 Å². The molecule has 1 fully saturated rings. The van der Waals surface area contributed by atoms with Gasteiger partial charge in [-0.1, -0.05) is 75.8 Å². The van der Waals surface area contributed by atoms with Crippen molar-refractivity contribution in [1.29, 1.82) is 0 Å². The standard InChI is InChI=1S/C15H18BS.C9H14N2/c1-12(2)14-10-15(17-11-14)16-9-8-13-6-4-3-5-7-13;1-2-4-8(5-3-1)9-6-10-7-11-9/h3-7,10-12H,8-9H2,1-2H3;6-8H,1-5H2,(H,10,11). The van der Waals surface area contributed by atoms with Crippen LogP contribution in [-0.2, 0) is 6.42 Å². The van der Waals surface area contributed by atoms with E-state index in [1.54, 1.807) is 6.33 Å². The molecule has 0 saturated heterocycles. The molecule has 0 bridgehead atoms. The molecule has 28 heavy (non-hydrogen) atoms. The second-order valence-electron chi connectivity index (χ2n) is 8.01. The first kappa shape index (κ1) is 20.9. The van der Waals surface area contributed by atoms with E-state index in [4.69, 9.17) is 0 Å². The minimum Gasteiger partial charge on any atom is -0.348 e. The molecule has 1 saturated carbocycles. The first-order valence-corrected chi connectivity index (χ1v) is 11.5. The number of nitrogens with zero attached hydrogens (tertiary/aromatic N) is 1. The summed E-state index contributed by atoms with van der Waals surface area (Å²) in [6, 6.07) is 13.0. The maximum atomic E-state index is 4.04. The van der Waals surface area contributed by atoms with Gasteiger partial charge in [0.1, 0.15) is 0 Å². The van der Waals surface area contributed by atoms with Crippen LogP contribution in [0, 0.1) is 0 Å². The Bertz CT molecular complexity index is 774. The topological polar surface area (TPSA) is 28.7 Å². The monoisotopic (exact) mass is 391 g/mol. The molecule has 0 unspecified atom stereocenters. The molecule has 4 heteroatoms. The molecule has 0 amide bonds. The van der Waals surface area contributed by atoms with Crippen molar-refractivity contribution in [2.24, 2.45) is 0 Å². The predicted octanol–water partition coefficient (Wildman–Crippen LogP) is 6.32. The third kappa shape index (κ3) is 6.66. The zero-order chi connectivity index (χ0) is 19.6. The van der Waals surface area contributed by atoms with E-state index in [0.717, 1.165) is 18.7 Å². The number of imidazole rings is 1. The number of thiophene rings is 1. The number of aromatic nitrogens is 2. The van der Waals surface area contributed by atoms with Gasteiger partial charge in [-0.05, 0) is 46.5 Å². The van der Waals surface area contributed by atoms with Crippen molar-refractivity contribution in [3.8, 4) is 0 Å². The summed E-state index contributed by atoms with van der Waals surface area (Å²) in [7, 11) is 2.35. The Morgan fingerprint density at radius 1 is 1.14 bits per heavy atom. The highest BCUT2D eigenvalue weighted by Gasteiger charge is 2.15. The van der Waals surface area contributed by atoms with Crippen molar-refractivity contribution in [2.45, 2.75) is 70.5 Å². The maximum absolute atomic E-state index is 4.04. The van der Waals surface area contributed by atoms with E-state index in [0.29, 0.717) is 5.92 Å². The molecule has 2 nitrogen and oxygen atoms in total. The number of hydrogen-bond acceptors (Lipinski definition) is 2. The van der Waals surface area contributed by atoms with Gasteiger partial charge in [-0.3, -0.25) is 0 Å². The van der Waals surface area contributed by atoms with E-state index >= 15 is 0 Å². The molecule has 1 aromatic carbocycles. The summed E-state index contributed by atoms with van der Waals surface area (Å²) in [5.74, 6) is 1.41. The summed E-state index contributed by atoms with van der Waals surface area (Å²) in [6.45, 7) is 4.49. The van der Waals surface area contributed by atoms with E-state index < -0.39 is 0 Å². The van der Waals surface area contributed by atoms with Gasteiger partial charge in [0.25, 0.3) is 0 Å². The molecule has 1 radical (unpaired) electrons. The molecule has 1 aliphatic rings. The second-order valence-corrected chi connectivity index (χ2v) is 8.95. The second kappa shape index (κ2) is 11.3. The lowest BCUT2D eigenvalue weighted by Gasteiger charge is -2.19. The minimum absolute atomic E-state index is 0.641. The van der Waals surface area contributed by atoms with E-state index in [1.807, 2.05) is 17.5 Å². The molecule has 0 aliphatic heterocycles. The van der Waals surface area contributed by atoms with Crippen molar-refractivity contribution in [1.82, 2.24) is 9.97 Å². The SMILES string of the molecule is CC(C)c1csc([B]CCc2ccccc2)c1.c1ncc(C2CCCCC2)[nH]1. The van der Waals surface area contributed by atoms with Crippen LogP contribution in [-0.4, -0.2) is 17.2 Å². The fourth-order valence-electron chi connectivity index (χ4n) is 3.71. The van der Waals surface area contributed by atoms with Crippen LogP contribution in [0.1, 0.15) is 74.6 Å². The summed E-state index contributed by atoms with van der Waals surface area (Å²) < 4.78 is 1.41. The molecular weight excluding hydrogens is 359 g/mol. The first-order valence-electron chi connectivity index (χ1n) is 10.7. The van der Waals surface area contributed by atoms with Gasteiger partial charge in [0, 0.05) is 17.8 Å². The summed E-state index contributed by atoms with van der Waals surface area (Å²) >= 11 is 1.86. The average molecular weight is 391 g/mol. The van der Waals surface area contributed by atoms with E-state index in [-0.39, 0.29) is 0 Å². The van der Waals surface area contributed by atoms with Gasteiger partial charge >= 0.3 is 0 Å². The van der Waals surface area contributed by atoms with Crippen molar-refractivity contribution in [3.05, 3.63) is 71.1 Å². The number of H-pyrrole nitrogens is 1. The summed E-state index contributed by atoms with van der Waals surface area (Å²) in [5, 5.41) is 2.28. The van der Waals surface area contributed by atoms with E-state index in [1.165, 1.54) is 53.7 Å². The summed E-state index contributed by atoms with van der Waals surface area (Å²) in [4.78, 5) is 7.24. The van der Waals surface area contributed by atoms with Gasteiger partial charge in [0.05, 0.1) is 6.33 Å². The number of nitrogens with one attached hydrogen (secondary N) is 1. The van der Waals surface area contributed by atoms with Crippen LogP contribution in [0.15, 0.2) is 54.3 Å². The molecule has 1 aliphatic carbocycles. The molecule has 4 rings (SSSR count). The summed E-state index contributed by atoms with van der Waals surface area (Å²) in [5.41, 5.74) is 4.22. The molecule has 2 heterocycles. The molecule has 2 aromatic heterocycles. The average Bonchev–Trinajstić information content (AvgIpc) is 3.43. The third-order valence-corrected chi connectivity index (χ3v) is 6.44. The Balaban J connectivity index is 0.000000176. The van der Waals surface area contributed by atoms with Gasteiger partial charge in [-0.2, -0.15) is 11.3 Å². The molecular formula is C24H32BN2S. The Kier molecular flexibility index (Phi) is 8.41. The highest BCUT2D eigenvalue weighted by Crippen LogP contribution is 2.30. The van der Waals surface area contributed by atoms with E-state index in [2.05, 4.69) is 72.9 Å². The largest absolute Gasteiger partial charge is 0.348 e. The highest BCUT2D eigenvalue weighted by atomic mass is 32.1. The molecule has 0 spiro atoms. The Hall–Kier alpha value is -1.81. The van der Waals surface area contributed by atoms with E-state index in [9.17, 15) is 0 Å². The summed E-state index contributed by atoms with van der Waals surface area (Å²) in [6.07, 6.45) is 12.9. The lowest BCUT2D eigenvalue weighted by Crippen LogP contribution is -2.09. The van der Waals surface area contributed by atoms with Gasteiger partial charge < -0.3 is 4.98 Å². The maximum Gasteiger partial charge on any atom is 0.166 e. The van der Waals surface area contributed by atoms with Crippen LogP contribution in [0.3, 0.4) is 0 Å². The van der Waals surface area contributed by atoms with Gasteiger partial charge in [0.15, 0.2) is 7.28 Å². The quantitative estimate of drug-likeness (QED) is 0.490. The predicted molar refractivity (Wildman–Crippen MR) is 123 cm³/mol. The minimum atomic E-state index is 0.641. The lowest BCUT2D eigenvalue weighted by atomic mass is 9.71. The number of aromatic amines is 1. The first-order chi connectivity index (χ1) is 13.7. The van der Waals surface area contributed by atoms with Gasteiger partial charge in [-0.25, -0.2) is 4.98 Å². The number of hydrogen-bond donors (Lipinski definition) is 1. The van der Waals surface area contributed by atoms with Crippen molar-refractivity contribution < 1.29 is 0 Å². The number of benzene rings is 1. The highest BCUT2D eigenvalue weighted by molar-refractivity contribution is 7.19. The third-order valence-electron chi connectivity index (χ3n) is 5.49. The molecule has 147 valence electrons. The van der Waals surface area contributed by atoms with Crippen LogP contribution in [0.4, 0.5) is 0 Å². The molecule has 3 aromatic rings. The molecule has 0 atom stereocenters. The normalized spacial score (nSPS) is 14.5. The zero-order valence-electron chi connectivity index (χ0n) is 17.2. The molecule has 1 N–H and O–H groups in total. The van der Waals surface area contributed by atoms with Crippen molar-refractivity contribution in [2.75, 3.05) is 0 Å². The number of rotatable bonds is 6. The van der Waals surface area contributed by atoms with Crippen LogP contribution >= 0.6 is 11.3 Å². The van der Waals surface area contributed by atoms with Gasteiger partial charge in [0.2, 0.25) is 0 Å². The van der Waals surface area contributed by atoms with Crippen LogP contribution in [0.5, 0.6) is 0 Å². The van der Waals surface area contributed by atoms with Crippen molar-refractivity contribution in [3.63, 3.8) is 0 Å². The number of aryl methyl sites for hydroxylation is 1. The van der Waals surface area contributed by atoms with Crippen LogP contribution < -0.4 is 4.78 Å². The fourth-order valence-corrected chi connectivity index (χ4v) is 4.74.